The molecule has 3 aliphatic rings. The molecule has 0 aliphatic heterocycles. The van der Waals surface area contributed by atoms with Gasteiger partial charge in [-0.1, -0.05) is 122 Å². The SMILES string of the molecule is COc1ccc(CN(CC(O)COCc2ccccc2)CC2(O)CCC3c4ccc(cc4C(=O)c4ccccc4-c4ccccc4)CC(O)CCC(C)=CCCC32C)c(OC)c1. The molecule has 5 atom stereocenters. The molecule has 0 amide bonds. The van der Waals surface area contributed by atoms with Gasteiger partial charge in [0.1, 0.15) is 11.5 Å². The Balaban J connectivity index is 1.27. The Morgan fingerprint density at radius 1 is 0.855 bits per heavy atom. The summed E-state index contributed by atoms with van der Waals surface area (Å²) in [5.41, 5.74) is 6.17. The molecule has 326 valence electrons. The van der Waals surface area contributed by atoms with Crippen LogP contribution in [-0.2, 0) is 24.3 Å². The zero-order valence-corrected chi connectivity index (χ0v) is 36.8. The van der Waals surface area contributed by atoms with E-state index in [4.69, 9.17) is 14.2 Å². The summed E-state index contributed by atoms with van der Waals surface area (Å²) < 4.78 is 17.3. The third-order valence-corrected chi connectivity index (χ3v) is 13.4. The Bertz CT molecular complexity index is 2290. The fraction of sp³-hybridized carbons (Fsp3) is 0.389. The van der Waals surface area contributed by atoms with Crippen LogP contribution in [0.3, 0.4) is 0 Å². The van der Waals surface area contributed by atoms with Crippen LogP contribution in [0.25, 0.3) is 11.1 Å². The lowest BCUT2D eigenvalue weighted by molar-refractivity contribution is -0.0924. The van der Waals surface area contributed by atoms with Crippen LogP contribution < -0.4 is 9.47 Å². The van der Waals surface area contributed by atoms with Crippen LogP contribution in [0.1, 0.15) is 96.5 Å². The number of benzene rings is 5. The minimum atomic E-state index is -1.21. The third-order valence-electron chi connectivity index (χ3n) is 13.4. The number of hydrogen-bond acceptors (Lipinski definition) is 8. The van der Waals surface area contributed by atoms with Gasteiger partial charge in [-0.15, -0.1) is 0 Å². The lowest BCUT2D eigenvalue weighted by atomic mass is 9.64. The summed E-state index contributed by atoms with van der Waals surface area (Å²) in [6.07, 6.45) is 5.30. The number of carbonyl (C=O) groups is 1. The first-order valence-electron chi connectivity index (χ1n) is 22.1. The molecule has 0 radical (unpaired) electrons. The molecule has 8 rings (SSSR count). The quantitative estimate of drug-likeness (QED) is 0.0707. The summed E-state index contributed by atoms with van der Waals surface area (Å²) in [5, 5.41) is 36.1. The summed E-state index contributed by atoms with van der Waals surface area (Å²) in [7, 11) is 3.26. The minimum Gasteiger partial charge on any atom is -0.497 e. The van der Waals surface area contributed by atoms with Crippen molar-refractivity contribution in [2.24, 2.45) is 5.41 Å². The molecular formula is C54H63NO7. The average molecular weight is 838 g/mol. The molecule has 1 saturated carbocycles. The van der Waals surface area contributed by atoms with E-state index in [0.29, 0.717) is 67.9 Å². The van der Waals surface area contributed by atoms with Gasteiger partial charge in [0.2, 0.25) is 0 Å². The van der Waals surface area contributed by atoms with Crippen molar-refractivity contribution >= 4 is 5.78 Å². The van der Waals surface area contributed by atoms with Gasteiger partial charge < -0.3 is 29.5 Å². The second-order valence-electron chi connectivity index (χ2n) is 17.7. The molecule has 0 saturated heterocycles. The maximum absolute atomic E-state index is 15.1. The topological polar surface area (TPSA) is 109 Å². The molecule has 62 heavy (non-hydrogen) atoms. The van der Waals surface area contributed by atoms with Gasteiger partial charge in [-0.05, 0) is 97.7 Å². The monoisotopic (exact) mass is 837 g/mol. The van der Waals surface area contributed by atoms with E-state index in [0.717, 1.165) is 46.2 Å². The maximum Gasteiger partial charge on any atom is 0.193 e. The number of nitrogens with zero attached hydrogens (tertiary/aromatic N) is 1. The molecule has 8 heteroatoms. The van der Waals surface area contributed by atoms with E-state index < -0.39 is 23.2 Å². The molecule has 0 aromatic heterocycles. The van der Waals surface area contributed by atoms with Gasteiger partial charge in [-0.25, -0.2) is 0 Å². The van der Waals surface area contributed by atoms with E-state index in [1.165, 1.54) is 5.57 Å². The van der Waals surface area contributed by atoms with Crippen molar-refractivity contribution in [1.29, 1.82) is 0 Å². The number of fused-ring (bicyclic) bond motifs is 8. The Morgan fingerprint density at radius 3 is 2.35 bits per heavy atom. The van der Waals surface area contributed by atoms with Gasteiger partial charge in [-0.3, -0.25) is 9.69 Å². The van der Waals surface area contributed by atoms with E-state index in [-0.39, 0.29) is 31.4 Å². The summed E-state index contributed by atoms with van der Waals surface area (Å²) in [6, 6.07) is 39.6. The number of rotatable bonds is 15. The van der Waals surface area contributed by atoms with Crippen molar-refractivity contribution in [1.82, 2.24) is 4.90 Å². The fourth-order valence-electron chi connectivity index (χ4n) is 9.91. The van der Waals surface area contributed by atoms with Gasteiger partial charge in [0.25, 0.3) is 0 Å². The highest BCUT2D eigenvalue weighted by Gasteiger charge is 2.57. The highest BCUT2D eigenvalue weighted by Crippen LogP contribution is 2.59. The normalized spacial score (nSPS) is 22.1. The van der Waals surface area contributed by atoms with E-state index in [1.54, 1.807) is 14.2 Å². The summed E-state index contributed by atoms with van der Waals surface area (Å²) in [6.45, 7) is 5.78. The Hall–Kier alpha value is -5.09. The second kappa shape index (κ2) is 20.4. The minimum absolute atomic E-state index is 0.0664. The number of carbonyl (C=O) groups excluding carboxylic acids is 1. The third kappa shape index (κ3) is 10.4. The van der Waals surface area contributed by atoms with Gasteiger partial charge >= 0.3 is 0 Å². The van der Waals surface area contributed by atoms with Crippen LogP contribution in [-0.4, -0.2) is 77.7 Å². The van der Waals surface area contributed by atoms with Crippen molar-refractivity contribution in [2.45, 2.75) is 95.7 Å². The summed E-state index contributed by atoms with van der Waals surface area (Å²) >= 11 is 0. The molecule has 3 N–H and O–H groups in total. The van der Waals surface area contributed by atoms with Crippen molar-refractivity contribution in [3.05, 3.63) is 166 Å². The number of hydrogen-bond donors (Lipinski definition) is 3. The lowest BCUT2D eigenvalue weighted by Gasteiger charge is -2.46. The standard InChI is InChI=1S/C54H63NO7/c1-38-14-13-28-53(2)50(47-26-22-40(30-43(56)24-21-38)31-49(47)52(58)48-20-12-11-19-46(48)41-17-9-6-10-18-41)27-29-54(53,59)37-55(33-42-23-25-45(60-3)32-51(42)61-4)34-44(57)36-62-35-39-15-7-5-8-16-39/h5-12,14-20,22-23,25-26,31-32,43-44,50,56-57,59H,13,21,24,27-30,33-37H2,1-4H3. The predicted molar refractivity (Wildman–Crippen MR) is 246 cm³/mol. The molecule has 5 unspecified atom stereocenters. The van der Waals surface area contributed by atoms with E-state index in [2.05, 4.69) is 37.0 Å². The van der Waals surface area contributed by atoms with Gasteiger partial charge in [0, 0.05) is 47.8 Å². The van der Waals surface area contributed by atoms with E-state index >= 15 is 4.79 Å². The number of ether oxygens (including phenoxy) is 3. The lowest BCUT2D eigenvalue weighted by Crippen LogP contribution is -2.53. The first-order valence-corrected chi connectivity index (χ1v) is 22.1. The zero-order chi connectivity index (χ0) is 43.7. The summed E-state index contributed by atoms with van der Waals surface area (Å²) in [5.74, 6) is 1.11. The van der Waals surface area contributed by atoms with Crippen molar-refractivity contribution in [2.75, 3.05) is 33.9 Å². The first-order chi connectivity index (χ1) is 30.0. The molecule has 1 fully saturated rings. The van der Waals surface area contributed by atoms with E-state index in [1.807, 2.05) is 109 Å². The van der Waals surface area contributed by atoms with Gasteiger partial charge in [-0.2, -0.15) is 0 Å². The van der Waals surface area contributed by atoms with E-state index in [9.17, 15) is 15.3 Å². The highest BCUT2D eigenvalue weighted by atomic mass is 16.5. The van der Waals surface area contributed by atoms with Gasteiger partial charge in [0.15, 0.2) is 5.78 Å². The smallest absolute Gasteiger partial charge is 0.193 e. The molecule has 5 aromatic carbocycles. The van der Waals surface area contributed by atoms with Crippen LogP contribution in [0.2, 0.25) is 0 Å². The molecule has 8 nitrogen and oxygen atoms in total. The van der Waals surface area contributed by atoms with Crippen LogP contribution in [0, 0.1) is 5.41 Å². The number of methoxy groups -OCH3 is 2. The molecule has 0 spiro atoms. The van der Waals surface area contributed by atoms with Crippen LogP contribution in [0.4, 0.5) is 0 Å². The number of aliphatic hydroxyl groups excluding tert-OH is 2. The van der Waals surface area contributed by atoms with Crippen LogP contribution >= 0.6 is 0 Å². The van der Waals surface area contributed by atoms with Crippen LogP contribution in [0.15, 0.2) is 133 Å². The van der Waals surface area contributed by atoms with Crippen molar-refractivity contribution in [3.63, 3.8) is 0 Å². The van der Waals surface area contributed by atoms with Crippen molar-refractivity contribution in [3.8, 4) is 22.6 Å². The van der Waals surface area contributed by atoms with Crippen LogP contribution in [0.5, 0.6) is 11.5 Å². The Kier molecular flexibility index (Phi) is 14.8. The molecule has 5 aromatic rings. The van der Waals surface area contributed by atoms with Gasteiger partial charge in [0.05, 0.1) is 45.2 Å². The highest BCUT2D eigenvalue weighted by molar-refractivity contribution is 6.13. The maximum atomic E-state index is 15.1. The average Bonchev–Trinajstić information content (AvgIpc) is 3.54. The molecule has 2 bridgehead atoms. The Labute approximate surface area is 367 Å². The number of aliphatic hydroxyl groups is 3. The summed E-state index contributed by atoms with van der Waals surface area (Å²) in [4.78, 5) is 17.3. The number of ketones is 1. The molecular weight excluding hydrogens is 775 g/mol. The molecule has 0 heterocycles. The largest absolute Gasteiger partial charge is 0.497 e. The van der Waals surface area contributed by atoms with Crippen molar-refractivity contribution < 1.29 is 34.3 Å². The predicted octanol–water partition coefficient (Wildman–Crippen LogP) is 9.72. The molecule has 3 aliphatic carbocycles. The second-order valence-corrected chi connectivity index (χ2v) is 17.7. The number of allylic oxidation sites excluding steroid dienone is 2. The first kappa shape index (κ1) is 44.9. The fourth-order valence-corrected chi connectivity index (χ4v) is 9.91. The Morgan fingerprint density at radius 2 is 1.60 bits per heavy atom. The zero-order valence-electron chi connectivity index (χ0n) is 36.8.